The standard InChI is InChI=1S/C11H18BrN3O2S/c1-3-15(18(2,16)17)6-4-5-14-11-7-10(12)8-13-9-11/h7-9,14H,3-6H2,1-2H3. The van der Waals surface area contributed by atoms with Crippen LogP contribution < -0.4 is 5.32 Å². The van der Waals surface area contributed by atoms with Crippen LogP contribution in [0.1, 0.15) is 13.3 Å². The zero-order valence-corrected chi connectivity index (χ0v) is 13.0. The third-order valence-electron chi connectivity index (χ3n) is 2.44. The van der Waals surface area contributed by atoms with E-state index in [4.69, 9.17) is 0 Å². The summed E-state index contributed by atoms with van der Waals surface area (Å²) in [5, 5.41) is 3.20. The van der Waals surface area contributed by atoms with Crippen LogP contribution in [0.15, 0.2) is 22.9 Å². The van der Waals surface area contributed by atoms with E-state index in [1.54, 1.807) is 12.4 Å². The van der Waals surface area contributed by atoms with E-state index in [0.29, 0.717) is 19.6 Å². The summed E-state index contributed by atoms with van der Waals surface area (Å²) in [5.41, 5.74) is 0.923. The molecule has 0 atom stereocenters. The van der Waals surface area contributed by atoms with Crippen molar-refractivity contribution in [2.45, 2.75) is 13.3 Å². The van der Waals surface area contributed by atoms with E-state index >= 15 is 0 Å². The highest BCUT2D eigenvalue weighted by atomic mass is 79.9. The fourth-order valence-electron chi connectivity index (χ4n) is 1.56. The first-order chi connectivity index (χ1) is 8.43. The molecular formula is C11H18BrN3O2S. The van der Waals surface area contributed by atoms with E-state index < -0.39 is 10.0 Å². The smallest absolute Gasteiger partial charge is 0.211 e. The molecule has 0 aliphatic heterocycles. The second-order valence-electron chi connectivity index (χ2n) is 3.93. The first-order valence-corrected chi connectivity index (χ1v) is 8.37. The SMILES string of the molecule is CCN(CCCNc1cncc(Br)c1)S(C)(=O)=O. The highest BCUT2D eigenvalue weighted by Crippen LogP contribution is 2.13. The van der Waals surface area contributed by atoms with Crippen molar-refractivity contribution in [3.8, 4) is 0 Å². The molecule has 5 nitrogen and oxygen atoms in total. The van der Waals surface area contributed by atoms with Crippen LogP contribution in [0.3, 0.4) is 0 Å². The monoisotopic (exact) mass is 335 g/mol. The maximum absolute atomic E-state index is 11.4. The molecule has 0 bridgehead atoms. The zero-order valence-electron chi connectivity index (χ0n) is 10.6. The van der Waals surface area contributed by atoms with Gasteiger partial charge in [-0.3, -0.25) is 4.98 Å². The molecule has 0 aliphatic rings. The van der Waals surface area contributed by atoms with Gasteiger partial charge in [0.05, 0.1) is 18.1 Å². The molecule has 1 aromatic heterocycles. The van der Waals surface area contributed by atoms with Crippen LogP contribution in [0.4, 0.5) is 5.69 Å². The summed E-state index contributed by atoms with van der Waals surface area (Å²) in [7, 11) is -3.08. The van der Waals surface area contributed by atoms with E-state index in [9.17, 15) is 8.42 Å². The van der Waals surface area contributed by atoms with Gasteiger partial charge in [-0.2, -0.15) is 0 Å². The number of hydrogen-bond acceptors (Lipinski definition) is 4. The summed E-state index contributed by atoms with van der Waals surface area (Å²) >= 11 is 3.34. The van der Waals surface area contributed by atoms with Crippen molar-refractivity contribution in [3.05, 3.63) is 22.9 Å². The first-order valence-electron chi connectivity index (χ1n) is 5.73. The molecule has 1 heterocycles. The van der Waals surface area contributed by atoms with Crippen molar-refractivity contribution < 1.29 is 8.42 Å². The lowest BCUT2D eigenvalue weighted by atomic mass is 10.3. The Morgan fingerprint density at radius 3 is 2.72 bits per heavy atom. The number of sulfonamides is 1. The summed E-state index contributed by atoms with van der Waals surface area (Å²) in [6.07, 6.45) is 5.45. The van der Waals surface area contributed by atoms with Gasteiger partial charge in [-0.25, -0.2) is 12.7 Å². The Balaban J connectivity index is 2.35. The number of halogens is 1. The van der Waals surface area contributed by atoms with Crippen molar-refractivity contribution in [1.82, 2.24) is 9.29 Å². The highest BCUT2D eigenvalue weighted by molar-refractivity contribution is 9.10. The molecule has 0 fully saturated rings. The minimum Gasteiger partial charge on any atom is -0.384 e. The van der Waals surface area contributed by atoms with Crippen LogP contribution in [0, 0.1) is 0 Å². The third-order valence-corrected chi connectivity index (χ3v) is 4.25. The summed E-state index contributed by atoms with van der Waals surface area (Å²) < 4.78 is 25.1. The Labute approximate surface area is 117 Å². The second kappa shape index (κ2) is 7.06. The van der Waals surface area contributed by atoms with Gasteiger partial charge in [-0.15, -0.1) is 0 Å². The van der Waals surface area contributed by atoms with Gasteiger partial charge in [-0.1, -0.05) is 6.92 Å². The van der Waals surface area contributed by atoms with Crippen LogP contribution in [0.2, 0.25) is 0 Å². The Bertz CT molecular complexity index is 479. The van der Waals surface area contributed by atoms with Crippen LogP contribution in [0.5, 0.6) is 0 Å². The van der Waals surface area contributed by atoms with E-state index in [1.807, 2.05) is 13.0 Å². The predicted octanol–water partition coefficient (Wildman–Crippen LogP) is 1.93. The molecule has 18 heavy (non-hydrogen) atoms. The molecule has 0 radical (unpaired) electrons. The van der Waals surface area contributed by atoms with Crippen LogP contribution in [-0.2, 0) is 10.0 Å². The topological polar surface area (TPSA) is 62.3 Å². The van der Waals surface area contributed by atoms with E-state index in [0.717, 1.165) is 16.6 Å². The molecule has 0 saturated carbocycles. The summed E-state index contributed by atoms with van der Waals surface area (Å²) in [6, 6.07) is 1.93. The molecule has 0 aliphatic carbocycles. The molecule has 0 aromatic carbocycles. The van der Waals surface area contributed by atoms with Crippen molar-refractivity contribution >= 4 is 31.6 Å². The van der Waals surface area contributed by atoms with E-state index in [1.165, 1.54) is 10.6 Å². The fourth-order valence-corrected chi connectivity index (χ4v) is 2.85. The molecule has 0 spiro atoms. The van der Waals surface area contributed by atoms with E-state index in [-0.39, 0.29) is 0 Å². The number of rotatable bonds is 7. The molecule has 1 N–H and O–H groups in total. The quantitative estimate of drug-likeness (QED) is 0.773. The van der Waals surface area contributed by atoms with Gasteiger partial charge in [0.25, 0.3) is 0 Å². The van der Waals surface area contributed by atoms with Gasteiger partial charge in [0.1, 0.15) is 0 Å². The minimum absolute atomic E-state index is 0.511. The Morgan fingerprint density at radius 2 is 2.17 bits per heavy atom. The molecule has 102 valence electrons. The normalized spacial score (nSPS) is 11.8. The molecule has 7 heteroatoms. The van der Waals surface area contributed by atoms with Gasteiger partial charge in [0, 0.05) is 30.3 Å². The average Bonchev–Trinajstić information content (AvgIpc) is 2.27. The fraction of sp³-hybridized carbons (Fsp3) is 0.545. The van der Waals surface area contributed by atoms with Gasteiger partial charge < -0.3 is 5.32 Å². The van der Waals surface area contributed by atoms with Crippen molar-refractivity contribution in [3.63, 3.8) is 0 Å². The molecule has 0 amide bonds. The second-order valence-corrected chi connectivity index (χ2v) is 6.82. The summed E-state index contributed by atoms with van der Waals surface area (Å²) in [4.78, 5) is 4.04. The summed E-state index contributed by atoms with van der Waals surface area (Å²) in [6.45, 7) is 3.60. The number of nitrogens with zero attached hydrogens (tertiary/aromatic N) is 2. The number of nitrogens with one attached hydrogen (secondary N) is 1. The molecule has 0 saturated heterocycles. The Kier molecular flexibility index (Phi) is 6.04. The molecule has 1 aromatic rings. The van der Waals surface area contributed by atoms with Gasteiger partial charge in [0.2, 0.25) is 10.0 Å². The van der Waals surface area contributed by atoms with Crippen LogP contribution >= 0.6 is 15.9 Å². The van der Waals surface area contributed by atoms with Gasteiger partial charge >= 0.3 is 0 Å². The molecular weight excluding hydrogens is 318 g/mol. The van der Waals surface area contributed by atoms with Gasteiger partial charge in [-0.05, 0) is 28.4 Å². The largest absolute Gasteiger partial charge is 0.384 e. The van der Waals surface area contributed by atoms with Crippen molar-refractivity contribution in [2.75, 3.05) is 31.2 Å². The third kappa shape index (κ3) is 5.32. The lowest BCUT2D eigenvalue weighted by Crippen LogP contribution is -2.31. The van der Waals surface area contributed by atoms with E-state index in [2.05, 4.69) is 26.2 Å². The van der Waals surface area contributed by atoms with Crippen LogP contribution in [-0.4, -0.2) is 43.6 Å². The summed E-state index contributed by atoms with van der Waals surface area (Å²) in [5.74, 6) is 0. The lowest BCUT2D eigenvalue weighted by molar-refractivity contribution is 0.429. The minimum atomic E-state index is -3.08. The predicted molar refractivity (Wildman–Crippen MR) is 77.1 cm³/mol. The zero-order chi connectivity index (χ0) is 13.6. The lowest BCUT2D eigenvalue weighted by Gasteiger charge is -2.17. The number of aromatic nitrogens is 1. The maximum atomic E-state index is 11.4. The highest BCUT2D eigenvalue weighted by Gasteiger charge is 2.12. The van der Waals surface area contributed by atoms with Gasteiger partial charge in [0.15, 0.2) is 0 Å². The van der Waals surface area contributed by atoms with Crippen molar-refractivity contribution in [2.24, 2.45) is 0 Å². The molecule has 1 rings (SSSR count). The van der Waals surface area contributed by atoms with Crippen molar-refractivity contribution in [1.29, 1.82) is 0 Å². The Morgan fingerprint density at radius 1 is 1.44 bits per heavy atom. The average molecular weight is 336 g/mol. The first kappa shape index (κ1) is 15.4. The number of pyridine rings is 1. The van der Waals surface area contributed by atoms with Crippen LogP contribution in [0.25, 0.3) is 0 Å². The maximum Gasteiger partial charge on any atom is 0.211 e. The number of anilines is 1. The number of hydrogen-bond donors (Lipinski definition) is 1. The molecule has 0 unspecified atom stereocenters. The Hall–Kier alpha value is -0.660.